The molecule has 1 unspecified atom stereocenters. The van der Waals surface area contributed by atoms with Crippen molar-refractivity contribution in [3.8, 4) is 16.3 Å². The van der Waals surface area contributed by atoms with Crippen LogP contribution in [0.1, 0.15) is 16.6 Å². The maximum atomic E-state index is 12.8. The predicted molar refractivity (Wildman–Crippen MR) is 129 cm³/mol. The Morgan fingerprint density at radius 2 is 1.88 bits per heavy atom. The highest BCUT2D eigenvalue weighted by atomic mass is 32.1. The molecular weight excluding hydrogens is 440 g/mol. The molecule has 2 heterocycles. The standard InChI is InChI=1S/C24H26N4O4S/c1-16(28-10-12-32-13-11-28)22(29)27-19-14-18(8-9-20(19)31-2)26-23(30)21-15-25-24(33-21)17-6-4-3-5-7-17/h3-9,14-16H,10-13H2,1-2H3,(H,26,30)(H,27,29). The van der Waals surface area contributed by atoms with Crippen LogP contribution in [-0.2, 0) is 9.53 Å². The number of carbonyl (C=O) groups excluding carboxylic acids is 2. The molecule has 2 amide bonds. The number of thiazole rings is 1. The lowest BCUT2D eigenvalue weighted by Gasteiger charge is -2.31. The second kappa shape index (κ2) is 10.6. The van der Waals surface area contributed by atoms with Gasteiger partial charge in [-0.3, -0.25) is 14.5 Å². The molecule has 9 heteroatoms. The molecule has 0 saturated carbocycles. The van der Waals surface area contributed by atoms with Crippen molar-refractivity contribution in [1.82, 2.24) is 9.88 Å². The average molecular weight is 467 g/mol. The third kappa shape index (κ3) is 5.57. The number of methoxy groups -OCH3 is 1. The minimum Gasteiger partial charge on any atom is -0.495 e. The van der Waals surface area contributed by atoms with Gasteiger partial charge in [0.05, 0.1) is 38.2 Å². The molecule has 1 atom stereocenters. The van der Waals surface area contributed by atoms with Gasteiger partial charge in [0.2, 0.25) is 5.91 Å². The lowest BCUT2D eigenvalue weighted by atomic mass is 10.2. The lowest BCUT2D eigenvalue weighted by Crippen LogP contribution is -2.47. The first kappa shape index (κ1) is 22.9. The molecule has 2 aromatic carbocycles. The van der Waals surface area contributed by atoms with E-state index in [0.29, 0.717) is 48.3 Å². The van der Waals surface area contributed by atoms with E-state index in [1.165, 1.54) is 18.4 Å². The second-order valence-corrected chi connectivity index (χ2v) is 8.61. The van der Waals surface area contributed by atoms with Gasteiger partial charge in [0.1, 0.15) is 15.6 Å². The molecule has 172 valence electrons. The predicted octanol–water partition coefficient (Wildman–Crippen LogP) is 3.73. The van der Waals surface area contributed by atoms with Gasteiger partial charge in [0.15, 0.2) is 0 Å². The number of nitrogens with zero attached hydrogens (tertiary/aromatic N) is 2. The summed E-state index contributed by atoms with van der Waals surface area (Å²) in [6.45, 7) is 4.52. The molecule has 1 saturated heterocycles. The molecule has 0 spiro atoms. The van der Waals surface area contributed by atoms with Crippen LogP contribution in [0.2, 0.25) is 0 Å². The number of amides is 2. The number of ether oxygens (including phenoxy) is 2. The average Bonchev–Trinajstić information content (AvgIpc) is 3.35. The molecule has 1 aliphatic heterocycles. The quantitative estimate of drug-likeness (QED) is 0.551. The van der Waals surface area contributed by atoms with E-state index in [1.807, 2.05) is 37.3 Å². The van der Waals surface area contributed by atoms with Crippen LogP contribution < -0.4 is 15.4 Å². The van der Waals surface area contributed by atoms with E-state index in [9.17, 15) is 9.59 Å². The van der Waals surface area contributed by atoms with E-state index in [4.69, 9.17) is 9.47 Å². The van der Waals surface area contributed by atoms with Crippen LogP contribution >= 0.6 is 11.3 Å². The van der Waals surface area contributed by atoms with Crippen LogP contribution in [0.3, 0.4) is 0 Å². The van der Waals surface area contributed by atoms with Gasteiger partial charge in [-0.25, -0.2) is 4.98 Å². The molecule has 0 aliphatic carbocycles. The van der Waals surface area contributed by atoms with Crippen LogP contribution in [-0.4, -0.2) is 61.2 Å². The van der Waals surface area contributed by atoms with Gasteiger partial charge in [-0.15, -0.1) is 11.3 Å². The first-order chi connectivity index (χ1) is 16.0. The van der Waals surface area contributed by atoms with Crippen LogP contribution in [0.25, 0.3) is 10.6 Å². The number of benzene rings is 2. The maximum Gasteiger partial charge on any atom is 0.267 e. The fraction of sp³-hybridized carbons (Fsp3) is 0.292. The van der Waals surface area contributed by atoms with Gasteiger partial charge in [-0.2, -0.15) is 0 Å². The fourth-order valence-corrected chi connectivity index (χ4v) is 4.35. The summed E-state index contributed by atoms with van der Waals surface area (Å²) >= 11 is 1.32. The Bertz CT molecular complexity index is 1110. The monoisotopic (exact) mass is 466 g/mol. The van der Waals surface area contributed by atoms with E-state index in [2.05, 4.69) is 20.5 Å². The smallest absolute Gasteiger partial charge is 0.267 e. The van der Waals surface area contributed by atoms with Gasteiger partial charge in [-0.05, 0) is 25.1 Å². The molecule has 8 nitrogen and oxygen atoms in total. The summed E-state index contributed by atoms with van der Waals surface area (Å²) < 4.78 is 10.8. The minimum atomic E-state index is -0.314. The van der Waals surface area contributed by atoms with E-state index in [-0.39, 0.29) is 17.9 Å². The Kier molecular flexibility index (Phi) is 7.33. The van der Waals surface area contributed by atoms with Crippen molar-refractivity contribution in [2.24, 2.45) is 0 Å². The van der Waals surface area contributed by atoms with Crippen molar-refractivity contribution < 1.29 is 19.1 Å². The second-order valence-electron chi connectivity index (χ2n) is 7.58. The molecule has 1 aliphatic rings. The zero-order chi connectivity index (χ0) is 23.2. The number of anilines is 2. The highest BCUT2D eigenvalue weighted by molar-refractivity contribution is 7.17. The van der Waals surface area contributed by atoms with Gasteiger partial charge in [0, 0.05) is 24.3 Å². The fourth-order valence-electron chi connectivity index (χ4n) is 3.54. The lowest BCUT2D eigenvalue weighted by molar-refractivity contribution is -0.122. The molecule has 33 heavy (non-hydrogen) atoms. The molecule has 2 N–H and O–H groups in total. The van der Waals surface area contributed by atoms with Crippen LogP contribution in [0, 0.1) is 0 Å². The zero-order valence-corrected chi connectivity index (χ0v) is 19.4. The largest absolute Gasteiger partial charge is 0.495 e. The minimum absolute atomic E-state index is 0.145. The highest BCUT2D eigenvalue weighted by Crippen LogP contribution is 2.30. The first-order valence-corrected chi connectivity index (χ1v) is 11.5. The maximum absolute atomic E-state index is 12.8. The zero-order valence-electron chi connectivity index (χ0n) is 18.5. The Hall–Kier alpha value is -3.27. The number of hydrogen-bond donors (Lipinski definition) is 2. The van der Waals surface area contributed by atoms with E-state index in [0.717, 1.165) is 10.6 Å². The van der Waals surface area contributed by atoms with Gasteiger partial charge in [-0.1, -0.05) is 30.3 Å². The SMILES string of the molecule is COc1ccc(NC(=O)c2cnc(-c3ccccc3)s2)cc1NC(=O)C(C)N1CCOCC1. The van der Waals surface area contributed by atoms with Crippen LogP contribution in [0.15, 0.2) is 54.7 Å². The molecule has 4 rings (SSSR count). The first-order valence-electron chi connectivity index (χ1n) is 10.7. The van der Waals surface area contributed by atoms with Gasteiger partial charge in [0.25, 0.3) is 5.91 Å². The number of aromatic nitrogens is 1. The van der Waals surface area contributed by atoms with Gasteiger partial charge < -0.3 is 20.1 Å². The Balaban J connectivity index is 1.45. The Morgan fingerprint density at radius 1 is 1.12 bits per heavy atom. The third-order valence-corrected chi connectivity index (χ3v) is 6.48. The van der Waals surface area contributed by atoms with Crippen molar-refractivity contribution in [1.29, 1.82) is 0 Å². The Labute approximate surface area is 196 Å². The number of carbonyl (C=O) groups is 2. The van der Waals surface area contributed by atoms with E-state index in [1.54, 1.807) is 24.4 Å². The number of rotatable bonds is 7. The number of morpholine rings is 1. The summed E-state index contributed by atoms with van der Waals surface area (Å²) in [5.41, 5.74) is 2.00. The summed E-state index contributed by atoms with van der Waals surface area (Å²) in [6.07, 6.45) is 1.57. The van der Waals surface area contributed by atoms with Crippen molar-refractivity contribution in [3.63, 3.8) is 0 Å². The molecule has 1 fully saturated rings. The molecule has 3 aromatic rings. The van der Waals surface area contributed by atoms with Crippen molar-refractivity contribution >= 4 is 34.5 Å². The third-order valence-electron chi connectivity index (χ3n) is 5.44. The summed E-state index contributed by atoms with van der Waals surface area (Å²) in [7, 11) is 1.54. The van der Waals surface area contributed by atoms with Crippen molar-refractivity contribution in [2.75, 3.05) is 44.0 Å². The van der Waals surface area contributed by atoms with Crippen LogP contribution in [0.5, 0.6) is 5.75 Å². The topological polar surface area (TPSA) is 92.8 Å². The normalized spacial score (nSPS) is 15.0. The number of nitrogens with one attached hydrogen (secondary N) is 2. The van der Waals surface area contributed by atoms with Gasteiger partial charge >= 0.3 is 0 Å². The van der Waals surface area contributed by atoms with E-state index < -0.39 is 0 Å². The molecule has 0 bridgehead atoms. The number of hydrogen-bond acceptors (Lipinski definition) is 7. The summed E-state index contributed by atoms with van der Waals surface area (Å²) in [5, 5.41) is 6.59. The summed E-state index contributed by atoms with van der Waals surface area (Å²) in [4.78, 5) is 32.5. The van der Waals surface area contributed by atoms with Crippen molar-refractivity contribution in [3.05, 3.63) is 59.6 Å². The Morgan fingerprint density at radius 3 is 2.61 bits per heavy atom. The van der Waals surface area contributed by atoms with E-state index >= 15 is 0 Å². The molecular formula is C24H26N4O4S. The summed E-state index contributed by atoms with van der Waals surface area (Å²) in [6, 6.07) is 14.5. The molecule has 0 radical (unpaired) electrons. The van der Waals surface area contributed by atoms with Crippen molar-refractivity contribution in [2.45, 2.75) is 13.0 Å². The summed E-state index contributed by atoms with van der Waals surface area (Å²) in [5.74, 6) is 0.104. The molecule has 1 aromatic heterocycles. The van der Waals surface area contributed by atoms with Crippen LogP contribution in [0.4, 0.5) is 11.4 Å². The highest BCUT2D eigenvalue weighted by Gasteiger charge is 2.24.